The Bertz CT molecular complexity index is 2170. The molecule has 0 amide bonds. The van der Waals surface area contributed by atoms with Gasteiger partial charge in [0.05, 0.1) is 16.8 Å². The first-order valence-electron chi connectivity index (χ1n) is 15.4. The second-order valence-electron chi connectivity index (χ2n) is 12.5. The molecular weight excluding hydrogens is 548 g/mol. The van der Waals surface area contributed by atoms with Gasteiger partial charge in [0.2, 0.25) is 0 Å². The number of ether oxygens (including phenoxy) is 1. The van der Waals surface area contributed by atoms with E-state index in [4.69, 9.17) is 15.6 Å². The van der Waals surface area contributed by atoms with Crippen LogP contribution in [0.15, 0.2) is 146 Å². The summed E-state index contributed by atoms with van der Waals surface area (Å²) in [6.45, 7) is 4.62. The third-order valence-corrected chi connectivity index (χ3v) is 9.71. The SMILES string of the molecule is CC1(C)c2ccccc2C2(c3ccccc3Oc3ccc(C(=N)/C=C\C(=N)c4cccc5ccccc45)cc32)c2ccccc21. The maximum absolute atomic E-state index is 9.14. The number of para-hydroxylation sites is 1. The zero-order valence-corrected chi connectivity index (χ0v) is 25.3. The van der Waals surface area contributed by atoms with Crippen LogP contribution in [0.25, 0.3) is 10.8 Å². The standard InChI is InChI=1S/C42H32N2O/c1-41(2)31-16-5-7-18-33(31)42(34-19-8-6-17-32(34)41)35-20-9-10-21-39(35)45-40-25-22-28(26-36(40)42)37(43)23-24-38(44)30-15-11-13-27-12-3-4-14-29(27)30/h3-26,43-44H,1-2H3/b24-23-,43-37?,44-38?. The van der Waals surface area contributed by atoms with Crippen molar-refractivity contribution in [2.24, 2.45) is 0 Å². The Balaban J connectivity index is 1.30. The third-order valence-electron chi connectivity index (χ3n) is 9.71. The van der Waals surface area contributed by atoms with Crippen LogP contribution in [-0.4, -0.2) is 11.4 Å². The van der Waals surface area contributed by atoms with Crippen molar-refractivity contribution in [2.45, 2.75) is 24.7 Å². The fourth-order valence-corrected chi connectivity index (χ4v) is 7.60. The van der Waals surface area contributed by atoms with E-state index in [2.05, 4.69) is 98.8 Å². The summed E-state index contributed by atoms with van der Waals surface area (Å²) in [7, 11) is 0. The summed E-state index contributed by atoms with van der Waals surface area (Å²) < 4.78 is 6.60. The van der Waals surface area contributed by atoms with Crippen molar-refractivity contribution in [3.05, 3.63) is 190 Å². The second kappa shape index (κ2) is 10.0. The molecule has 6 aromatic carbocycles. The van der Waals surface area contributed by atoms with Gasteiger partial charge in [-0.25, -0.2) is 0 Å². The highest BCUT2D eigenvalue weighted by atomic mass is 16.5. The van der Waals surface area contributed by atoms with Gasteiger partial charge in [0.15, 0.2) is 0 Å². The topological polar surface area (TPSA) is 56.9 Å². The van der Waals surface area contributed by atoms with Crippen LogP contribution in [0.3, 0.4) is 0 Å². The van der Waals surface area contributed by atoms with E-state index in [1.54, 1.807) is 12.2 Å². The summed E-state index contributed by atoms with van der Waals surface area (Å²) in [6, 6.07) is 46.2. The van der Waals surface area contributed by atoms with Gasteiger partial charge < -0.3 is 15.6 Å². The van der Waals surface area contributed by atoms with Gasteiger partial charge in [0, 0.05) is 22.1 Å². The summed E-state index contributed by atoms with van der Waals surface area (Å²) in [4.78, 5) is 0. The van der Waals surface area contributed by atoms with E-state index in [1.165, 1.54) is 22.3 Å². The molecule has 0 saturated carbocycles. The molecule has 216 valence electrons. The van der Waals surface area contributed by atoms with Gasteiger partial charge in [0.25, 0.3) is 0 Å². The van der Waals surface area contributed by atoms with E-state index in [1.807, 2.05) is 48.5 Å². The van der Waals surface area contributed by atoms with E-state index in [9.17, 15) is 0 Å². The molecule has 45 heavy (non-hydrogen) atoms. The molecule has 1 aliphatic carbocycles. The predicted octanol–water partition coefficient (Wildman–Crippen LogP) is 9.96. The Hall–Kier alpha value is -5.54. The summed E-state index contributed by atoms with van der Waals surface area (Å²) in [5.41, 5.74) is 8.71. The van der Waals surface area contributed by atoms with Gasteiger partial charge in [0.1, 0.15) is 11.5 Å². The molecular formula is C42H32N2O. The van der Waals surface area contributed by atoms with Gasteiger partial charge in [-0.1, -0.05) is 123 Å². The van der Waals surface area contributed by atoms with Crippen LogP contribution in [0.2, 0.25) is 0 Å². The van der Waals surface area contributed by atoms with Crippen LogP contribution >= 0.6 is 0 Å². The van der Waals surface area contributed by atoms with E-state index < -0.39 is 5.41 Å². The number of rotatable bonds is 4. The molecule has 0 atom stereocenters. The minimum Gasteiger partial charge on any atom is -0.457 e. The quantitative estimate of drug-likeness (QED) is 0.200. The molecule has 0 bridgehead atoms. The molecule has 0 fully saturated rings. The Morgan fingerprint density at radius 1 is 0.533 bits per heavy atom. The molecule has 1 spiro atoms. The van der Waals surface area contributed by atoms with E-state index in [0.29, 0.717) is 11.4 Å². The third kappa shape index (κ3) is 3.90. The van der Waals surface area contributed by atoms with E-state index in [0.717, 1.165) is 44.5 Å². The summed E-state index contributed by atoms with van der Waals surface area (Å²) in [6.07, 6.45) is 3.47. The summed E-state index contributed by atoms with van der Waals surface area (Å²) in [5, 5.41) is 20.1. The van der Waals surface area contributed by atoms with Crippen molar-refractivity contribution in [1.82, 2.24) is 0 Å². The van der Waals surface area contributed by atoms with Gasteiger partial charge in [-0.15, -0.1) is 0 Å². The molecule has 8 rings (SSSR count). The molecule has 6 aromatic rings. The van der Waals surface area contributed by atoms with Gasteiger partial charge in [-0.3, -0.25) is 0 Å². The number of fused-ring (bicyclic) bond motifs is 9. The summed E-state index contributed by atoms with van der Waals surface area (Å²) >= 11 is 0. The Labute approximate surface area is 263 Å². The lowest BCUT2D eigenvalue weighted by atomic mass is 9.53. The van der Waals surface area contributed by atoms with Crippen LogP contribution in [0.5, 0.6) is 11.5 Å². The number of hydrogen-bond acceptors (Lipinski definition) is 3. The Morgan fingerprint density at radius 2 is 1.09 bits per heavy atom. The number of nitrogens with one attached hydrogen (secondary N) is 2. The first-order chi connectivity index (χ1) is 21.9. The predicted molar refractivity (Wildman–Crippen MR) is 184 cm³/mol. The van der Waals surface area contributed by atoms with Crippen LogP contribution in [0, 0.1) is 10.8 Å². The van der Waals surface area contributed by atoms with Crippen LogP contribution in [0.1, 0.15) is 58.4 Å². The van der Waals surface area contributed by atoms with Gasteiger partial charge in [-0.05, 0) is 75.0 Å². The van der Waals surface area contributed by atoms with Crippen molar-refractivity contribution in [1.29, 1.82) is 10.8 Å². The van der Waals surface area contributed by atoms with Crippen LogP contribution in [0.4, 0.5) is 0 Å². The van der Waals surface area contributed by atoms with Crippen molar-refractivity contribution in [3.63, 3.8) is 0 Å². The molecule has 2 N–H and O–H groups in total. The molecule has 0 unspecified atom stereocenters. The number of allylic oxidation sites excluding steroid dienone is 2. The molecule has 1 aliphatic heterocycles. The highest BCUT2D eigenvalue weighted by Gasteiger charge is 2.52. The molecule has 0 radical (unpaired) electrons. The number of benzene rings is 6. The summed E-state index contributed by atoms with van der Waals surface area (Å²) in [5.74, 6) is 1.64. The molecule has 0 saturated heterocycles. The van der Waals surface area contributed by atoms with Gasteiger partial charge in [-0.2, -0.15) is 0 Å². The minimum atomic E-state index is -0.622. The lowest BCUT2D eigenvalue weighted by Crippen LogP contribution is -2.43. The average molecular weight is 581 g/mol. The smallest absolute Gasteiger partial charge is 0.132 e. The molecule has 1 heterocycles. The highest BCUT2D eigenvalue weighted by Crippen LogP contribution is 2.61. The molecule has 3 nitrogen and oxygen atoms in total. The fourth-order valence-electron chi connectivity index (χ4n) is 7.60. The van der Waals surface area contributed by atoms with Crippen molar-refractivity contribution >= 4 is 22.2 Å². The normalized spacial score (nSPS) is 15.1. The fraction of sp³-hybridized carbons (Fsp3) is 0.0952. The van der Waals surface area contributed by atoms with Crippen LogP contribution < -0.4 is 4.74 Å². The zero-order chi connectivity index (χ0) is 30.8. The highest BCUT2D eigenvalue weighted by molar-refractivity contribution is 6.18. The van der Waals surface area contributed by atoms with Crippen LogP contribution in [-0.2, 0) is 10.8 Å². The first kappa shape index (κ1) is 27.0. The second-order valence-corrected chi connectivity index (χ2v) is 12.5. The number of hydrogen-bond donors (Lipinski definition) is 2. The van der Waals surface area contributed by atoms with Gasteiger partial charge >= 0.3 is 0 Å². The maximum atomic E-state index is 9.14. The Morgan fingerprint density at radius 3 is 1.82 bits per heavy atom. The molecule has 2 aliphatic rings. The van der Waals surface area contributed by atoms with Crippen molar-refractivity contribution < 1.29 is 4.74 Å². The minimum absolute atomic E-state index is 0.194. The molecule has 0 aromatic heterocycles. The lowest BCUT2D eigenvalue weighted by molar-refractivity contribution is 0.425. The maximum Gasteiger partial charge on any atom is 0.132 e. The van der Waals surface area contributed by atoms with Crippen molar-refractivity contribution in [2.75, 3.05) is 0 Å². The molecule has 3 heteroatoms. The van der Waals surface area contributed by atoms with E-state index in [-0.39, 0.29) is 5.41 Å². The first-order valence-corrected chi connectivity index (χ1v) is 15.4. The van der Waals surface area contributed by atoms with E-state index >= 15 is 0 Å². The Kier molecular flexibility index (Phi) is 6.01. The van der Waals surface area contributed by atoms with Crippen molar-refractivity contribution in [3.8, 4) is 11.5 Å². The monoisotopic (exact) mass is 580 g/mol. The lowest BCUT2D eigenvalue weighted by Gasteiger charge is -2.50. The largest absolute Gasteiger partial charge is 0.457 e. The average Bonchev–Trinajstić information content (AvgIpc) is 3.08. The zero-order valence-electron chi connectivity index (χ0n) is 25.3.